The quantitative estimate of drug-likeness (QED) is 0.295. The fourth-order valence-electron chi connectivity index (χ4n) is 4.61. The summed E-state index contributed by atoms with van der Waals surface area (Å²) < 4.78 is 44.3. The van der Waals surface area contributed by atoms with Crippen LogP contribution in [-0.4, -0.2) is 52.0 Å². The van der Waals surface area contributed by atoms with Gasteiger partial charge in [-0.2, -0.15) is 23.4 Å². The normalized spacial score (nSPS) is 15.0. The highest BCUT2D eigenvalue weighted by atomic mass is 19.4. The average molecular weight is 546 g/mol. The highest BCUT2D eigenvalue weighted by Gasteiger charge is 2.31. The second kappa shape index (κ2) is 11.3. The van der Waals surface area contributed by atoms with Gasteiger partial charge >= 0.3 is 6.18 Å². The number of hydrogen-bond donors (Lipinski definition) is 0. The molecule has 5 rings (SSSR count). The lowest BCUT2D eigenvalue weighted by Gasteiger charge is -2.35. The van der Waals surface area contributed by atoms with E-state index in [0.717, 1.165) is 36.3 Å². The summed E-state index contributed by atoms with van der Waals surface area (Å²) in [5, 5.41) is 13.1. The number of hydrogen-bond acceptors (Lipinski definition) is 6. The molecule has 7 nitrogen and oxygen atoms in total. The first-order chi connectivity index (χ1) is 19.2. The number of aromatic nitrogens is 2. The molecule has 1 aliphatic rings. The third-order valence-electron chi connectivity index (χ3n) is 6.97. The van der Waals surface area contributed by atoms with Gasteiger partial charge in [0.15, 0.2) is 0 Å². The number of benzene rings is 3. The van der Waals surface area contributed by atoms with Gasteiger partial charge in [-0.15, -0.1) is 0 Å². The minimum atomic E-state index is -4.46. The van der Waals surface area contributed by atoms with Crippen molar-refractivity contribution in [3.63, 3.8) is 0 Å². The summed E-state index contributed by atoms with van der Waals surface area (Å²) in [6.07, 6.45) is -4.46. The van der Waals surface area contributed by atoms with Gasteiger partial charge in [0, 0.05) is 49.4 Å². The fraction of sp³-hybridized carbons (Fsp3) is 0.267. The number of nitrogens with zero attached hydrogens (tertiary/aromatic N) is 5. The molecule has 1 saturated heterocycles. The standard InChI is InChI=1S/C30H26F3N5O2/c1-20(18-34)23-4-2-6-25(16-23)29(39)38-14-12-37(13-15-38)19-21-8-10-22(11-9-21)27-35-28(40-36-27)24-5-3-7-26(17-24)30(31,32)33/h2-11,16-17,20H,12-15,19H2,1H3. The Morgan fingerprint density at radius 2 is 1.73 bits per heavy atom. The van der Waals surface area contributed by atoms with E-state index < -0.39 is 11.7 Å². The third-order valence-corrected chi connectivity index (χ3v) is 6.97. The molecule has 0 saturated carbocycles. The predicted molar refractivity (Wildman–Crippen MR) is 142 cm³/mol. The van der Waals surface area contributed by atoms with Gasteiger partial charge in [0.1, 0.15) is 0 Å². The average Bonchev–Trinajstić information content (AvgIpc) is 3.47. The summed E-state index contributed by atoms with van der Waals surface area (Å²) >= 11 is 0. The number of alkyl halides is 3. The second-order valence-electron chi connectivity index (χ2n) is 9.74. The Morgan fingerprint density at radius 3 is 2.42 bits per heavy atom. The van der Waals surface area contributed by atoms with Gasteiger partial charge in [-0.1, -0.05) is 47.6 Å². The van der Waals surface area contributed by atoms with Crippen LogP contribution in [-0.2, 0) is 12.7 Å². The van der Waals surface area contributed by atoms with E-state index in [0.29, 0.717) is 36.6 Å². The Kier molecular flexibility index (Phi) is 7.67. The van der Waals surface area contributed by atoms with Crippen molar-refractivity contribution in [2.24, 2.45) is 0 Å². The topological polar surface area (TPSA) is 86.3 Å². The van der Waals surface area contributed by atoms with Crippen LogP contribution in [0.1, 0.15) is 39.9 Å². The van der Waals surface area contributed by atoms with Crippen LogP contribution in [0.3, 0.4) is 0 Å². The van der Waals surface area contributed by atoms with Crippen molar-refractivity contribution in [1.82, 2.24) is 19.9 Å². The van der Waals surface area contributed by atoms with Crippen molar-refractivity contribution >= 4 is 5.91 Å². The van der Waals surface area contributed by atoms with Crippen LogP contribution in [0.25, 0.3) is 22.8 Å². The highest BCUT2D eigenvalue weighted by Crippen LogP contribution is 2.32. The Morgan fingerprint density at radius 1 is 1.00 bits per heavy atom. The lowest BCUT2D eigenvalue weighted by molar-refractivity contribution is -0.137. The Balaban J connectivity index is 1.17. The van der Waals surface area contributed by atoms with Crippen LogP contribution in [0, 0.1) is 11.3 Å². The van der Waals surface area contributed by atoms with Crippen molar-refractivity contribution in [3.8, 4) is 28.9 Å². The molecule has 4 aromatic rings. The molecule has 1 aromatic heterocycles. The van der Waals surface area contributed by atoms with E-state index in [9.17, 15) is 23.2 Å². The van der Waals surface area contributed by atoms with Crippen molar-refractivity contribution in [3.05, 3.63) is 95.1 Å². The second-order valence-corrected chi connectivity index (χ2v) is 9.74. The summed E-state index contributed by atoms with van der Waals surface area (Å²) in [6.45, 7) is 5.19. The molecule has 0 radical (unpaired) electrons. The Labute approximate surface area is 229 Å². The van der Waals surface area contributed by atoms with E-state index in [1.165, 1.54) is 12.1 Å². The first kappa shape index (κ1) is 27.1. The van der Waals surface area contributed by atoms with Crippen LogP contribution in [0.5, 0.6) is 0 Å². The van der Waals surface area contributed by atoms with Gasteiger partial charge in [0.25, 0.3) is 11.8 Å². The SMILES string of the molecule is CC(C#N)c1cccc(C(=O)N2CCN(Cc3ccc(-c4noc(-c5cccc(C(F)(F)F)c5)n4)cc3)CC2)c1. The maximum Gasteiger partial charge on any atom is 0.416 e. The summed E-state index contributed by atoms with van der Waals surface area (Å²) in [5.41, 5.74) is 2.62. The fourth-order valence-corrected chi connectivity index (χ4v) is 4.61. The molecule has 0 spiro atoms. The number of carbonyl (C=O) groups excluding carboxylic acids is 1. The summed E-state index contributed by atoms with van der Waals surface area (Å²) in [7, 11) is 0. The first-order valence-electron chi connectivity index (χ1n) is 12.8. The molecule has 1 aliphatic heterocycles. The van der Waals surface area contributed by atoms with Gasteiger partial charge in [0.2, 0.25) is 5.82 Å². The molecule has 0 bridgehead atoms. The molecule has 1 fully saturated rings. The number of halogens is 3. The smallest absolute Gasteiger partial charge is 0.336 e. The summed E-state index contributed by atoms with van der Waals surface area (Å²) in [5.74, 6) is 0.0114. The number of piperazine rings is 1. The van der Waals surface area contributed by atoms with Crippen molar-refractivity contribution in [2.75, 3.05) is 26.2 Å². The van der Waals surface area contributed by atoms with Gasteiger partial charge < -0.3 is 9.42 Å². The van der Waals surface area contributed by atoms with Crippen LogP contribution in [0.4, 0.5) is 13.2 Å². The van der Waals surface area contributed by atoms with E-state index in [4.69, 9.17) is 4.52 Å². The minimum absolute atomic E-state index is 0.0175. The van der Waals surface area contributed by atoms with E-state index in [-0.39, 0.29) is 23.3 Å². The molecule has 2 heterocycles. The molecule has 40 heavy (non-hydrogen) atoms. The molecular formula is C30H26F3N5O2. The molecule has 0 N–H and O–H groups in total. The van der Waals surface area contributed by atoms with Gasteiger partial charge in [-0.25, -0.2) is 0 Å². The maximum absolute atomic E-state index is 13.0. The van der Waals surface area contributed by atoms with Crippen LogP contribution in [0.15, 0.2) is 77.3 Å². The number of rotatable bonds is 6. The monoisotopic (exact) mass is 545 g/mol. The zero-order valence-electron chi connectivity index (χ0n) is 21.7. The Bertz CT molecular complexity index is 1530. The van der Waals surface area contributed by atoms with Gasteiger partial charge in [-0.05, 0) is 48.4 Å². The number of nitriles is 1. The maximum atomic E-state index is 13.0. The zero-order chi connectivity index (χ0) is 28.3. The van der Waals surface area contributed by atoms with Crippen molar-refractivity contribution in [2.45, 2.75) is 25.6 Å². The largest absolute Gasteiger partial charge is 0.416 e. The summed E-state index contributed by atoms with van der Waals surface area (Å²) in [6, 6.07) is 21.9. The highest BCUT2D eigenvalue weighted by molar-refractivity contribution is 5.94. The third kappa shape index (κ3) is 6.05. The van der Waals surface area contributed by atoms with Gasteiger partial charge in [-0.3, -0.25) is 9.69 Å². The van der Waals surface area contributed by atoms with Crippen LogP contribution < -0.4 is 0 Å². The van der Waals surface area contributed by atoms with E-state index >= 15 is 0 Å². The first-order valence-corrected chi connectivity index (χ1v) is 12.8. The lowest BCUT2D eigenvalue weighted by Crippen LogP contribution is -2.48. The number of carbonyl (C=O) groups is 1. The molecule has 1 unspecified atom stereocenters. The van der Waals surface area contributed by atoms with E-state index in [1.54, 1.807) is 12.1 Å². The predicted octanol–water partition coefficient (Wildman–Crippen LogP) is 6.01. The van der Waals surface area contributed by atoms with Crippen molar-refractivity contribution < 1.29 is 22.5 Å². The molecule has 1 atom stereocenters. The van der Waals surface area contributed by atoms with E-state index in [1.807, 2.05) is 48.2 Å². The Hall–Kier alpha value is -4.49. The van der Waals surface area contributed by atoms with Crippen LogP contribution >= 0.6 is 0 Å². The molecule has 204 valence electrons. The molecule has 0 aliphatic carbocycles. The molecule has 3 aromatic carbocycles. The van der Waals surface area contributed by atoms with Crippen LogP contribution in [0.2, 0.25) is 0 Å². The molecule has 10 heteroatoms. The van der Waals surface area contributed by atoms with E-state index in [2.05, 4.69) is 21.1 Å². The minimum Gasteiger partial charge on any atom is -0.336 e. The van der Waals surface area contributed by atoms with Crippen molar-refractivity contribution in [1.29, 1.82) is 5.26 Å². The van der Waals surface area contributed by atoms with Gasteiger partial charge in [0.05, 0.1) is 17.6 Å². The number of amides is 1. The molecule has 1 amide bonds. The zero-order valence-corrected chi connectivity index (χ0v) is 21.7. The summed E-state index contributed by atoms with van der Waals surface area (Å²) in [4.78, 5) is 21.4. The lowest BCUT2D eigenvalue weighted by atomic mass is 10.00. The molecular weight excluding hydrogens is 519 g/mol.